The molecule has 0 bridgehead atoms. The second-order valence-corrected chi connectivity index (χ2v) is 5.36. The Kier molecular flexibility index (Phi) is 3.97. The third-order valence-electron chi connectivity index (χ3n) is 2.06. The van der Waals surface area contributed by atoms with Crippen molar-refractivity contribution < 1.29 is 9.59 Å². The lowest BCUT2D eigenvalue weighted by molar-refractivity contribution is -0.120. The number of rotatable bonds is 3. The number of hydrogen-bond donors (Lipinski definition) is 0. The van der Waals surface area contributed by atoms with Crippen LogP contribution in [0.2, 0.25) is 0 Å². The van der Waals surface area contributed by atoms with E-state index >= 15 is 0 Å². The first-order valence-electron chi connectivity index (χ1n) is 3.97. The van der Waals surface area contributed by atoms with Crippen molar-refractivity contribution in [2.24, 2.45) is 5.92 Å². The van der Waals surface area contributed by atoms with E-state index in [9.17, 15) is 9.59 Å². The molecule has 0 spiro atoms. The fourth-order valence-corrected chi connectivity index (χ4v) is 2.03. The van der Waals surface area contributed by atoms with Crippen molar-refractivity contribution in [2.75, 3.05) is 0 Å². The minimum Gasteiger partial charge on any atom is -0.300 e. The molecule has 0 fully saturated rings. The molecule has 0 aromatic carbocycles. The third kappa shape index (κ3) is 3.39. The Labute approximate surface area is 78.1 Å². The van der Waals surface area contributed by atoms with Crippen LogP contribution in [0, 0.1) is 5.92 Å². The smallest absolute Gasteiger partial charge is 0.186 e. The van der Waals surface area contributed by atoms with E-state index in [0.29, 0.717) is 0 Å². The van der Waals surface area contributed by atoms with Crippen LogP contribution < -0.4 is 0 Å². The molecule has 0 rings (SSSR count). The minimum absolute atomic E-state index is 0.0631. The average molecular weight is 188 g/mol. The highest BCUT2D eigenvalue weighted by Crippen LogP contribution is 2.33. The van der Waals surface area contributed by atoms with Gasteiger partial charge in [-0.15, -0.1) is 0 Å². The quantitative estimate of drug-likeness (QED) is 0.681. The van der Waals surface area contributed by atoms with Gasteiger partial charge in [-0.1, -0.05) is 18.7 Å². The first-order valence-corrected chi connectivity index (χ1v) is 4.79. The number of carbonyl (C=O) groups excluding carboxylic acids is 2. The average Bonchev–Trinajstić information content (AvgIpc) is 1.82. The van der Waals surface area contributed by atoms with E-state index in [2.05, 4.69) is 0 Å². The van der Waals surface area contributed by atoms with Gasteiger partial charge >= 0.3 is 0 Å². The summed E-state index contributed by atoms with van der Waals surface area (Å²) in [7, 11) is 0. The van der Waals surface area contributed by atoms with Gasteiger partial charge in [-0.25, -0.2) is 0 Å². The van der Waals surface area contributed by atoms with Crippen LogP contribution in [0.15, 0.2) is 0 Å². The Balaban J connectivity index is 4.38. The summed E-state index contributed by atoms with van der Waals surface area (Å²) in [5.74, 6) is 0.0557. The SMILES string of the molecule is CC(=O)SC(C)(C)C(C)C(C)=O. The molecule has 70 valence electrons. The lowest BCUT2D eigenvalue weighted by Crippen LogP contribution is -2.31. The van der Waals surface area contributed by atoms with Gasteiger partial charge in [-0.3, -0.25) is 9.59 Å². The van der Waals surface area contributed by atoms with Crippen molar-refractivity contribution in [3.05, 3.63) is 0 Å². The fraction of sp³-hybridized carbons (Fsp3) is 0.778. The summed E-state index contributed by atoms with van der Waals surface area (Å²) < 4.78 is -0.280. The van der Waals surface area contributed by atoms with Crippen molar-refractivity contribution in [3.8, 4) is 0 Å². The highest BCUT2D eigenvalue weighted by Gasteiger charge is 2.31. The van der Waals surface area contributed by atoms with Gasteiger partial charge in [0.15, 0.2) is 5.12 Å². The molecular formula is C9H16O2S. The van der Waals surface area contributed by atoms with E-state index in [1.807, 2.05) is 20.8 Å². The van der Waals surface area contributed by atoms with Crippen LogP contribution in [0.3, 0.4) is 0 Å². The maximum atomic E-state index is 11.0. The number of carbonyl (C=O) groups is 2. The van der Waals surface area contributed by atoms with Crippen LogP contribution in [0.1, 0.15) is 34.6 Å². The topological polar surface area (TPSA) is 34.1 Å². The normalized spacial score (nSPS) is 14.1. The van der Waals surface area contributed by atoms with Gasteiger partial charge < -0.3 is 0 Å². The largest absolute Gasteiger partial charge is 0.300 e. The summed E-state index contributed by atoms with van der Waals surface area (Å²) in [5.41, 5.74) is 0. The van der Waals surface area contributed by atoms with E-state index in [1.165, 1.54) is 18.7 Å². The standard InChI is InChI=1S/C9H16O2S/c1-6(7(2)10)9(4,5)12-8(3)11/h6H,1-5H3. The molecule has 0 saturated heterocycles. The van der Waals surface area contributed by atoms with Crippen molar-refractivity contribution >= 4 is 22.7 Å². The highest BCUT2D eigenvalue weighted by atomic mass is 32.2. The van der Waals surface area contributed by atoms with Crippen molar-refractivity contribution in [2.45, 2.75) is 39.4 Å². The Hall–Kier alpha value is -0.310. The summed E-state index contributed by atoms with van der Waals surface area (Å²) in [6.07, 6.45) is 0. The molecule has 12 heavy (non-hydrogen) atoms. The zero-order valence-electron chi connectivity index (χ0n) is 8.30. The van der Waals surface area contributed by atoms with E-state index in [4.69, 9.17) is 0 Å². The van der Waals surface area contributed by atoms with Crippen molar-refractivity contribution in [1.82, 2.24) is 0 Å². The molecule has 0 aromatic rings. The molecule has 2 nitrogen and oxygen atoms in total. The number of hydrogen-bond acceptors (Lipinski definition) is 3. The molecule has 0 amide bonds. The maximum Gasteiger partial charge on any atom is 0.186 e. The van der Waals surface area contributed by atoms with Gasteiger partial charge in [0.1, 0.15) is 5.78 Å². The third-order valence-corrected chi connectivity index (χ3v) is 3.23. The zero-order chi connectivity index (χ0) is 9.94. The van der Waals surface area contributed by atoms with E-state index in [0.717, 1.165) is 0 Å². The van der Waals surface area contributed by atoms with Crippen LogP contribution in [0.25, 0.3) is 0 Å². The summed E-state index contributed by atoms with van der Waals surface area (Å²) in [4.78, 5) is 21.9. The summed E-state index contributed by atoms with van der Waals surface area (Å²) in [6, 6.07) is 0. The molecule has 1 atom stereocenters. The Morgan fingerprint density at radius 1 is 1.25 bits per heavy atom. The fourth-order valence-electron chi connectivity index (χ4n) is 0.948. The molecule has 0 saturated carbocycles. The first-order chi connectivity index (χ1) is 5.27. The van der Waals surface area contributed by atoms with Crippen LogP contribution in [0.5, 0.6) is 0 Å². The maximum absolute atomic E-state index is 11.0. The molecule has 0 aromatic heterocycles. The molecule has 3 heteroatoms. The van der Waals surface area contributed by atoms with Crippen LogP contribution in [-0.4, -0.2) is 15.6 Å². The lowest BCUT2D eigenvalue weighted by atomic mass is 9.93. The van der Waals surface area contributed by atoms with Gasteiger partial charge in [-0.05, 0) is 20.8 Å². The first kappa shape index (κ1) is 11.7. The van der Waals surface area contributed by atoms with Gasteiger partial charge in [-0.2, -0.15) is 0 Å². The lowest BCUT2D eigenvalue weighted by Gasteiger charge is -2.27. The molecule has 0 radical (unpaired) electrons. The predicted octanol–water partition coefficient (Wildman–Crippen LogP) is 2.27. The number of thioether (sulfide) groups is 1. The number of ketones is 1. The molecule has 0 heterocycles. The van der Waals surface area contributed by atoms with E-state index in [-0.39, 0.29) is 21.6 Å². The van der Waals surface area contributed by atoms with Crippen LogP contribution in [-0.2, 0) is 9.59 Å². The van der Waals surface area contributed by atoms with Gasteiger partial charge in [0.25, 0.3) is 0 Å². The van der Waals surface area contributed by atoms with E-state index < -0.39 is 0 Å². The predicted molar refractivity (Wildman–Crippen MR) is 52.2 cm³/mol. The van der Waals surface area contributed by atoms with E-state index in [1.54, 1.807) is 6.92 Å². The zero-order valence-corrected chi connectivity index (χ0v) is 9.12. The second-order valence-electron chi connectivity index (χ2n) is 3.53. The van der Waals surface area contributed by atoms with Gasteiger partial charge in [0, 0.05) is 17.6 Å². The van der Waals surface area contributed by atoms with Crippen LogP contribution in [0.4, 0.5) is 0 Å². The highest BCUT2D eigenvalue weighted by molar-refractivity contribution is 8.14. The molecule has 0 aliphatic rings. The van der Waals surface area contributed by atoms with Gasteiger partial charge in [0.2, 0.25) is 0 Å². The summed E-state index contributed by atoms with van der Waals surface area (Å²) in [6.45, 7) is 8.79. The molecule has 0 N–H and O–H groups in total. The summed E-state index contributed by atoms with van der Waals surface area (Å²) >= 11 is 1.23. The summed E-state index contributed by atoms with van der Waals surface area (Å²) in [5, 5.41) is 0.0631. The van der Waals surface area contributed by atoms with Crippen LogP contribution >= 0.6 is 11.8 Å². The Morgan fingerprint density at radius 3 is 1.92 bits per heavy atom. The molecular weight excluding hydrogens is 172 g/mol. The molecule has 0 aliphatic carbocycles. The van der Waals surface area contributed by atoms with Crippen molar-refractivity contribution in [1.29, 1.82) is 0 Å². The van der Waals surface area contributed by atoms with Crippen molar-refractivity contribution in [3.63, 3.8) is 0 Å². The Bertz CT molecular complexity index is 197. The monoisotopic (exact) mass is 188 g/mol. The van der Waals surface area contributed by atoms with Gasteiger partial charge in [0.05, 0.1) is 0 Å². The molecule has 0 aliphatic heterocycles. The molecule has 1 unspecified atom stereocenters. The minimum atomic E-state index is -0.280. The number of Topliss-reactive ketones (excluding diaryl/α,β-unsaturated/α-hetero) is 1. The Morgan fingerprint density at radius 2 is 1.67 bits per heavy atom. The second kappa shape index (κ2) is 4.08.